The highest BCUT2D eigenvalue weighted by molar-refractivity contribution is 7.12. The molecule has 0 aliphatic rings. The summed E-state index contributed by atoms with van der Waals surface area (Å²) in [4.78, 5) is 37.0. The van der Waals surface area contributed by atoms with Crippen LogP contribution in [-0.4, -0.2) is 34.2 Å². The third-order valence-electron chi connectivity index (χ3n) is 3.67. The van der Waals surface area contributed by atoms with E-state index in [1.54, 1.807) is 17.5 Å². The molecule has 0 aliphatic heterocycles. The molecule has 0 atom stereocenters. The van der Waals surface area contributed by atoms with E-state index in [0.29, 0.717) is 10.4 Å². The van der Waals surface area contributed by atoms with Crippen molar-refractivity contribution in [1.82, 2.24) is 4.90 Å². The molecule has 1 aromatic carbocycles. The van der Waals surface area contributed by atoms with Crippen LogP contribution in [0.3, 0.4) is 0 Å². The van der Waals surface area contributed by atoms with E-state index in [1.165, 1.54) is 22.3 Å². The summed E-state index contributed by atoms with van der Waals surface area (Å²) in [6, 6.07) is 6.65. The molecule has 0 aliphatic carbocycles. The van der Waals surface area contributed by atoms with Gasteiger partial charge in [0.1, 0.15) is 0 Å². The van der Waals surface area contributed by atoms with Crippen molar-refractivity contribution in [3.8, 4) is 0 Å². The molecule has 0 radical (unpaired) electrons. The molecule has 8 heteroatoms. The first-order chi connectivity index (χ1) is 12.4. The Kier molecular flexibility index (Phi) is 6.97. The van der Waals surface area contributed by atoms with Gasteiger partial charge in [0.25, 0.3) is 0 Å². The maximum atomic E-state index is 13.3. The monoisotopic (exact) mass is 381 g/mol. The van der Waals surface area contributed by atoms with E-state index >= 15 is 0 Å². The van der Waals surface area contributed by atoms with Crippen molar-refractivity contribution in [2.45, 2.75) is 25.8 Å². The summed E-state index contributed by atoms with van der Waals surface area (Å²) in [5, 5.41) is 10.6. The van der Waals surface area contributed by atoms with Crippen LogP contribution in [-0.2, 0) is 16.1 Å². The molecule has 0 saturated carbocycles. The van der Waals surface area contributed by atoms with Gasteiger partial charge in [-0.1, -0.05) is 12.1 Å². The van der Waals surface area contributed by atoms with Crippen LogP contribution in [0.4, 0.5) is 8.78 Å². The molecule has 0 spiro atoms. The predicted molar refractivity (Wildman–Crippen MR) is 91.9 cm³/mol. The van der Waals surface area contributed by atoms with Crippen molar-refractivity contribution in [3.05, 3.63) is 57.8 Å². The van der Waals surface area contributed by atoms with Crippen molar-refractivity contribution in [1.29, 1.82) is 0 Å². The Labute approximate surface area is 152 Å². The second-order valence-electron chi connectivity index (χ2n) is 5.61. The van der Waals surface area contributed by atoms with Gasteiger partial charge in [-0.3, -0.25) is 14.4 Å². The lowest BCUT2D eigenvalue weighted by atomic mass is 10.1. The number of nitrogens with zero attached hydrogens (tertiary/aromatic N) is 1. The van der Waals surface area contributed by atoms with Gasteiger partial charge in [0, 0.05) is 25.9 Å². The number of carboxylic acids is 1. The summed E-state index contributed by atoms with van der Waals surface area (Å²) in [5.74, 6) is -3.71. The number of rotatable bonds is 9. The fraction of sp³-hybridized carbons (Fsp3) is 0.278. The third kappa shape index (κ3) is 5.73. The normalized spacial score (nSPS) is 10.5. The van der Waals surface area contributed by atoms with E-state index in [2.05, 4.69) is 0 Å². The smallest absolute Gasteiger partial charge is 0.305 e. The molecule has 2 rings (SSSR count). The van der Waals surface area contributed by atoms with Crippen LogP contribution in [0, 0.1) is 11.6 Å². The number of benzene rings is 1. The standard InChI is InChI=1S/C18H17F2NO4S/c19-13-4-3-12(10-14(13)20)11-21(8-7-18(24)25)17(23)6-5-15(22)16-2-1-9-26-16/h1-4,9-10H,5-8,11H2,(H,24,25). The molecule has 1 heterocycles. The maximum absolute atomic E-state index is 13.3. The first-order valence-corrected chi connectivity index (χ1v) is 8.75. The summed E-state index contributed by atoms with van der Waals surface area (Å²) in [5.41, 5.74) is 0.340. The number of carbonyl (C=O) groups is 3. The van der Waals surface area contributed by atoms with Gasteiger partial charge in [-0.2, -0.15) is 0 Å². The van der Waals surface area contributed by atoms with Gasteiger partial charge in [0.05, 0.1) is 11.3 Å². The molecule has 0 fully saturated rings. The van der Waals surface area contributed by atoms with E-state index in [-0.39, 0.29) is 38.1 Å². The van der Waals surface area contributed by atoms with E-state index in [1.807, 2.05) is 0 Å². The molecular weight excluding hydrogens is 364 g/mol. The van der Waals surface area contributed by atoms with Crippen LogP contribution in [0.25, 0.3) is 0 Å². The Morgan fingerprint density at radius 3 is 2.42 bits per heavy atom. The van der Waals surface area contributed by atoms with Gasteiger partial charge in [0.2, 0.25) is 5.91 Å². The molecule has 26 heavy (non-hydrogen) atoms. The predicted octanol–water partition coefficient (Wildman–Crippen LogP) is 3.49. The number of aliphatic carboxylic acids is 1. The van der Waals surface area contributed by atoms with E-state index < -0.39 is 23.5 Å². The minimum absolute atomic E-state index is 0.000692. The number of thiophene rings is 1. The first-order valence-electron chi connectivity index (χ1n) is 7.87. The average molecular weight is 381 g/mol. The molecule has 2 aromatic rings. The molecule has 1 aromatic heterocycles. The fourth-order valence-electron chi connectivity index (χ4n) is 2.32. The summed E-state index contributed by atoms with van der Waals surface area (Å²) >= 11 is 1.28. The van der Waals surface area contributed by atoms with Gasteiger partial charge in [-0.25, -0.2) is 8.78 Å². The zero-order valence-electron chi connectivity index (χ0n) is 13.8. The van der Waals surface area contributed by atoms with Crippen molar-refractivity contribution in [3.63, 3.8) is 0 Å². The highest BCUT2D eigenvalue weighted by atomic mass is 32.1. The molecule has 0 saturated heterocycles. The number of ketones is 1. The van der Waals surface area contributed by atoms with Crippen LogP contribution in [0.1, 0.15) is 34.5 Å². The number of carbonyl (C=O) groups excluding carboxylic acids is 2. The Hall–Kier alpha value is -2.61. The Bertz CT molecular complexity index is 792. The van der Waals surface area contributed by atoms with Crippen LogP contribution in [0.15, 0.2) is 35.7 Å². The van der Waals surface area contributed by atoms with Gasteiger partial charge in [-0.05, 0) is 29.1 Å². The number of Topliss-reactive ketones (excluding diaryl/α,β-unsaturated/α-hetero) is 1. The summed E-state index contributed by atoms with van der Waals surface area (Å²) < 4.78 is 26.4. The molecule has 1 amide bonds. The minimum atomic E-state index is -1.08. The van der Waals surface area contributed by atoms with Crippen LogP contribution >= 0.6 is 11.3 Å². The lowest BCUT2D eigenvalue weighted by molar-refractivity contribution is -0.138. The summed E-state index contributed by atoms with van der Waals surface area (Å²) in [6.45, 7) is -0.142. The summed E-state index contributed by atoms with van der Waals surface area (Å²) in [7, 11) is 0. The number of amides is 1. The second-order valence-corrected chi connectivity index (χ2v) is 6.56. The average Bonchev–Trinajstić information content (AvgIpc) is 3.13. The maximum Gasteiger partial charge on any atom is 0.305 e. The zero-order chi connectivity index (χ0) is 19.1. The third-order valence-corrected chi connectivity index (χ3v) is 4.58. The van der Waals surface area contributed by atoms with Crippen LogP contribution in [0.2, 0.25) is 0 Å². The zero-order valence-corrected chi connectivity index (χ0v) is 14.6. The van der Waals surface area contributed by atoms with Crippen molar-refractivity contribution in [2.24, 2.45) is 0 Å². The molecule has 0 bridgehead atoms. The summed E-state index contributed by atoms with van der Waals surface area (Å²) in [6.07, 6.45) is -0.366. The lowest BCUT2D eigenvalue weighted by Crippen LogP contribution is -2.32. The SMILES string of the molecule is O=C(O)CCN(Cc1ccc(F)c(F)c1)C(=O)CCC(=O)c1cccs1. The van der Waals surface area contributed by atoms with E-state index in [0.717, 1.165) is 12.1 Å². The van der Waals surface area contributed by atoms with Crippen LogP contribution < -0.4 is 0 Å². The lowest BCUT2D eigenvalue weighted by Gasteiger charge is -2.22. The highest BCUT2D eigenvalue weighted by Gasteiger charge is 2.18. The highest BCUT2D eigenvalue weighted by Crippen LogP contribution is 2.15. The molecule has 5 nitrogen and oxygen atoms in total. The molecule has 1 N–H and O–H groups in total. The Morgan fingerprint density at radius 2 is 1.81 bits per heavy atom. The van der Waals surface area contributed by atoms with Gasteiger partial charge >= 0.3 is 5.97 Å². The number of hydrogen-bond donors (Lipinski definition) is 1. The van der Waals surface area contributed by atoms with Crippen LogP contribution in [0.5, 0.6) is 0 Å². The van der Waals surface area contributed by atoms with Crippen molar-refractivity contribution < 1.29 is 28.3 Å². The molecular formula is C18H17F2NO4S. The van der Waals surface area contributed by atoms with Gasteiger partial charge in [0.15, 0.2) is 17.4 Å². The number of hydrogen-bond acceptors (Lipinski definition) is 4. The fourth-order valence-corrected chi connectivity index (χ4v) is 3.01. The van der Waals surface area contributed by atoms with Crippen molar-refractivity contribution >= 4 is 29.0 Å². The minimum Gasteiger partial charge on any atom is -0.481 e. The first kappa shape index (κ1) is 19.7. The van der Waals surface area contributed by atoms with Gasteiger partial charge < -0.3 is 10.0 Å². The quantitative estimate of drug-likeness (QED) is 0.675. The topological polar surface area (TPSA) is 74.7 Å². The van der Waals surface area contributed by atoms with Gasteiger partial charge in [-0.15, -0.1) is 11.3 Å². The molecule has 0 unspecified atom stereocenters. The molecule has 138 valence electrons. The van der Waals surface area contributed by atoms with E-state index in [9.17, 15) is 23.2 Å². The Balaban J connectivity index is 2.02. The number of carboxylic acid groups (broad SMARTS) is 1. The van der Waals surface area contributed by atoms with Crippen molar-refractivity contribution in [2.75, 3.05) is 6.54 Å². The largest absolute Gasteiger partial charge is 0.481 e. The number of halogens is 2. The second kappa shape index (κ2) is 9.19. The Morgan fingerprint density at radius 1 is 1.04 bits per heavy atom. The van der Waals surface area contributed by atoms with E-state index in [4.69, 9.17) is 5.11 Å².